The fourth-order valence-electron chi connectivity index (χ4n) is 2.86. The minimum absolute atomic E-state index is 0.335. The van der Waals surface area contributed by atoms with Crippen LogP contribution in [0.25, 0.3) is 0 Å². The molecule has 1 aromatic heterocycles. The Labute approximate surface area is 127 Å². The van der Waals surface area contributed by atoms with Crippen LogP contribution in [0.4, 0.5) is 0 Å². The van der Waals surface area contributed by atoms with Crippen LogP contribution in [0.15, 0.2) is 6.20 Å². The van der Waals surface area contributed by atoms with Gasteiger partial charge >= 0.3 is 0 Å². The normalized spacial score (nSPS) is 16.4. The lowest BCUT2D eigenvalue weighted by Crippen LogP contribution is -2.50. The number of rotatable bonds is 8. The third kappa shape index (κ3) is 3.18. The molecule has 4 nitrogen and oxygen atoms in total. The van der Waals surface area contributed by atoms with Gasteiger partial charge in [-0.15, -0.1) is 0 Å². The Morgan fingerprint density at radius 2 is 1.95 bits per heavy atom. The fourth-order valence-corrected chi connectivity index (χ4v) is 3.11. The molecule has 1 aromatic rings. The predicted molar refractivity (Wildman–Crippen MR) is 84.1 cm³/mol. The molecule has 0 saturated carbocycles. The molecule has 0 saturated heterocycles. The van der Waals surface area contributed by atoms with Crippen molar-refractivity contribution in [2.75, 3.05) is 13.1 Å². The van der Waals surface area contributed by atoms with Crippen molar-refractivity contribution in [1.29, 1.82) is 0 Å². The molecule has 0 aliphatic carbocycles. The van der Waals surface area contributed by atoms with Gasteiger partial charge in [-0.05, 0) is 32.9 Å². The summed E-state index contributed by atoms with van der Waals surface area (Å²) < 4.78 is 1.84. The molecule has 0 spiro atoms. The largest absolute Gasteiger partial charge is 0.385 e. The van der Waals surface area contributed by atoms with Crippen molar-refractivity contribution >= 4 is 11.6 Å². The SMILES string of the molecule is CCCn1ncc(Cl)c1C(O)C(C)(CC)N(CC)CC. The first-order valence-corrected chi connectivity index (χ1v) is 7.98. The van der Waals surface area contributed by atoms with Crippen LogP contribution in [0.5, 0.6) is 0 Å². The molecule has 20 heavy (non-hydrogen) atoms. The van der Waals surface area contributed by atoms with Crippen LogP contribution in [-0.4, -0.2) is 38.4 Å². The number of halogens is 1. The highest BCUT2D eigenvalue weighted by Gasteiger charge is 2.39. The number of aliphatic hydroxyl groups is 1. The van der Waals surface area contributed by atoms with E-state index < -0.39 is 6.10 Å². The summed E-state index contributed by atoms with van der Waals surface area (Å²) in [6.07, 6.45) is 2.80. The molecule has 1 heterocycles. The zero-order chi connectivity index (χ0) is 15.3. The van der Waals surface area contributed by atoms with Crippen molar-refractivity contribution in [1.82, 2.24) is 14.7 Å². The van der Waals surface area contributed by atoms with Crippen molar-refractivity contribution in [3.63, 3.8) is 0 Å². The van der Waals surface area contributed by atoms with E-state index in [2.05, 4.69) is 44.6 Å². The summed E-state index contributed by atoms with van der Waals surface area (Å²) in [6, 6.07) is 0. The van der Waals surface area contributed by atoms with Gasteiger partial charge in [0, 0.05) is 12.1 Å². The molecule has 2 unspecified atom stereocenters. The van der Waals surface area contributed by atoms with E-state index in [4.69, 9.17) is 11.6 Å². The zero-order valence-corrected chi connectivity index (χ0v) is 14.1. The van der Waals surface area contributed by atoms with Crippen molar-refractivity contribution in [2.24, 2.45) is 0 Å². The molecule has 1 N–H and O–H groups in total. The highest BCUT2D eigenvalue weighted by Crippen LogP contribution is 2.37. The second-order valence-electron chi connectivity index (χ2n) is 5.39. The van der Waals surface area contributed by atoms with Gasteiger partial charge in [0.2, 0.25) is 0 Å². The molecule has 116 valence electrons. The first-order valence-electron chi connectivity index (χ1n) is 7.60. The van der Waals surface area contributed by atoms with Crippen LogP contribution in [0.2, 0.25) is 5.02 Å². The van der Waals surface area contributed by atoms with E-state index in [1.165, 1.54) is 0 Å². The second kappa shape index (κ2) is 7.43. The lowest BCUT2D eigenvalue weighted by atomic mass is 9.87. The maximum absolute atomic E-state index is 11.0. The Bertz CT molecular complexity index is 417. The summed E-state index contributed by atoms with van der Waals surface area (Å²) in [6.45, 7) is 13.1. The number of likely N-dealkylation sites (N-methyl/N-ethyl adjacent to an activating group) is 1. The molecule has 0 fully saturated rings. The molecule has 1 rings (SSSR count). The molecule has 0 radical (unpaired) electrons. The second-order valence-corrected chi connectivity index (χ2v) is 5.79. The number of hydrogen-bond donors (Lipinski definition) is 1. The highest BCUT2D eigenvalue weighted by atomic mass is 35.5. The third-order valence-corrected chi connectivity index (χ3v) is 4.61. The number of aryl methyl sites for hydroxylation is 1. The van der Waals surface area contributed by atoms with E-state index in [-0.39, 0.29) is 5.54 Å². The van der Waals surface area contributed by atoms with Crippen LogP contribution in [0.1, 0.15) is 59.3 Å². The van der Waals surface area contributed by atoms with Gasteiger partial charge < -0.3 is 5.11 Å². The summed E-state index contributed by atoms with van der Waals surface area (Å²) in [5.74, 6) is 0. The summed E-state index contributed by atoms with van der Waals surface area (Å²) in [7, 11) is 0. The quantitative estimate of drug-likeness (QED) is 0.799. The molecular weight excluding hydrogens is 274 g/mol. The van der Waals surface area contributed by atoms with Gasteiger partial charge in [-0.25, -0.2) is 0 Å². The van der Waals surface area contributed by atoms with Crippen LogP contribution < -0.4 is 0 Å². The van der Waals surface area contributed by atoms with E-state index in [1.807, 2.05) is 4.68 Å². The fraction of sp³-hybridized carbons (Fsp3) is 0.800. The average molecular weight is 302 g/mol. The van der Waals surface area contributed by atoms with Crippen molar-refractivity contribution in [3.05, 3.63) is 16.9 Å². The van der Waals surface area contributed by atoms with Crippen LogP contribution in [0.3, 0.4) is 0 Å². The number of hydrogen-bond acceptors (Lipinski definition) is 3. The Hall–Kier alpha value is -0.580. The van der Waals surface area contributed by atoms with Crippen LogP contribution in [-0.2, 0) is 6.54 Å². The molecule has 0 aliphatic rings. The van der Waals surface area contributed by atoms with Gasteiger partial charge in [-0.2, -0.15) is 5.10 Å². The van der Waals surface area contributed by atoms with E-state index in [1.54, 1.807) is 6.20 Å². The van der Waals surface area contributed by atoms with Gasteiger partial charge in [-0.1, -0.05) is 39.3 Å². The summed E-state index contributed by atoms with van der Waals surface area (Å²) in [5.41, 5.74) is 0.406. The number of nitrogens with zero attached hydrogens (tertiary/aromatic N) is 3. The molecular formula is C15H28ClN3O. The molecule has 5 heteroatoms. The highest BCUT2D eigenvalue weighted by molar-refractivity contribution is 6.31. The first-order chi connectivity index (χ1) is 9.46. The minimum Gasteiger partial charge on any atom is -0.385 e. The Morgan fingerprint density at radius 1 is 1.35 bits per heavy atom. The van der Waals surface area contributed by atoms with Gasteiger partial charge in [0.15, 0.2) is 0 Å². The first kappa shape index (κ1) is 17.5. The average Bonchev–Trinajstić information content (AvgIpc) is 2.80. The maximum atomic E-state index is 11.0. The van der Waals surface area contributed by atoms with Gasteiger partial charge in [0.25, 0.3) is 0 Å². The van der Waals surface area contributed by atoms with Crippen LogP contribution in [0, 0.1) is 0 Å². The van der Waals surface area contributed by atoms with E-state index in [0.29, 0.717) is 5.02 Å². The summed E-state index contributed by atoms with van der Waals surface area (Å²) >= 11 is 6.27. The smallest absolute Gasteiger partial charge is 0.115 e. The number of aromatic nitrogens is 2. The van der Waals surface area contributed by atoms with E-state index in [9.17, 15) is 5.11 Å². The molecule has 0 aromatic carbocycles. The van der Waals surface area contributed by atoms with E-state index >= 15 is 0 Å². The lowest BCUT2D eigenvalue weighted by molar-refractivity contribution is -0.0258. The monoisotopic (exact) mass is 301 g/mol. The van der Waals surface area contributed by atoms with Gasteiger partial charge in [-0.3, -0.25) is 9.58 Å². The van der Waals surface area contributed by atoms with Crippen molar-refractivity contribution in [2.45, 2.75) is 65.6 Å². The van der Waals surface area contributed by atoms with Gasteiger partial charge in [0.05, 0.1) is 16.9 Å². The van der Waals surface area contributed by atoms with E-state index in [0.717, 1.165) is 38.2 Å². The zero-order valence-electron chi connectivity index (χ0n) is 13.4. The number of aliphatic hydroxyl groups excluding tert-OH is 1. The molecule has 0 aliphatic heterocycles. The van der Waals surface area contributed by atoms with Crippen molar-refractivity contribution < 1.29 is 5.11 Å². The Morgan fingerprint density at radius 3 is 2.40 bits per heavy atom. The van der Waals surface area contributed by atoms with Crippen molar-refractivity contribution in [3.8, 4) is 0 Å². The third-order valence-electron chi connectivity index (χ3n) is 4.32. The summed E-state index contributed by atoms with van der Waals surface area (Å²) in [4.78, 5) is 2.29. The topological polar surface area (TPSA) is 41.3 Å². The minimum atomic E-state index is -0.644. The summed E-state index contributed by atoms with van der Waals surface area (Å²) in [5, 5.41) is 15.8. The Kier molecular flexibility index (Phi) is 6.49. The standard InChI is InChI=1S/C15H28ClN3O/c1-6-10-19-13(12(16)11-17-19)14(20)15(5,7-2)18(8-3)9-4/h11,14,20H,6-10H2,1-5H3. The van der Waals surface area contributed by atoms with Gasteiger partial charge in [0.1, 0.15) is 6.10 Å². The van der Waals surface area contributed by atoms with Crippen LogP contribution >= 0.6 is 11.6 Å². The molecule has 2 atom stereocenters. The maximum Gasteiger partial charge on any atom is 0.115 e. The Balaban J connectivity index is 3.19. The molecule has 0 amide bonds. The molecule has 0 bridgehead atoms. The predicted octanol–water partition coefficient (Wildman–Crippen LogP) is 3.49. The lowest BCUT2D eigenvalue weighted by Gasteiger charge is -2.43.